The summed E-state index contributed by atoms with van der Waals surface area (Å²) in [6.07, 6.45) is 5.67. The molecule has 1 heterocycles. The van der Waals surface area contributed by atoms with Gasteiger partial charge in [0.2, 0.25) is 0 Å². The molecule has 0 aliphatic heterocycles. The molecule has 4 heteroatoms. The maximum Gasteiger partial charge on any atom is 0.0949 e. The van der Waals surface area contributed by atoms with Crippen LogP contribution in [0.2, 0.25) is 0 Å². The van der Waals surface area contributed by atoms with E-state index in [1.54, 1.807) is 0 Å². The average molecular weight is 211 g/mol. The first-order chi connectivity index (χ1) is 7.15. The van der Waals surface area contributed by atoms with Gasteiger partial charge in [-0.15, -0.1) is 0 Å². The normalized spacial score (nSPS) is 15.2. The molecule has 0 aromatic carbocycles. The monoisotopic (exact) mass is 211 g/mol. The van der Waals surface area contributed by atoms with Gasteiger partial charge in [-0.25, -0.2) is 4.98 Å². The lowest BCUT2D eigenvalue weighted by Gasteiger charge is -2.08. The third-order valence-corrected chi connectivity index (χ3v) is 2.61. The van der Waals surface area contributed by atoms with Crippen LogP contribution >= 0.6 is 0 Å². The van der Waals surface area contributed by atoms with Gasteiger partial charge in [0, 0.05) is 25.2 Å². The van der Waals surface area contributed by atoms with E-state index in [4.69, 9.17) is 10.8 Å². The van der Waals surface area contributed by atoms with Gasteiger partial charge in [0.25, 0.3) is 0 Å². The largest absolute Gasteiger partial charge is 0.395 e. The Bertz CT molecular complexity index is 259. The molecule has 3 N–H and O–H groups in total. The lowest BCUT2D eigenvalue weighted by Crippen LogP contribution is -2.26. The zero-order valence-corrected chi connectivity index (χ0v) is 9.56. The Labute approximate surface area is 91.1 Å². The molecule has 1 unspecified atom stereocenters. The van der Waals surface area contributed by atoms with E-state index in [2.05, 4.69) is 23.4 Å². The van der Waals surface area contributed by atoms with Crippen molar-refractivity contribution in [3.05, 3.63) is 18.2 Å². The highest BCUT2D eigenvalue weighted by atomic mass is 16.3. The lowest BCUT2D eigenvalue weighted by molar-refractivity contribution is 0.264. The molecular formula is C11H21N3O. The number of aromatic nitrogens is 2. The number of rotatable bonds is 6. The summed E-state index contributed by atoms with van der Waals surface area (Å²) in [6, 6.07) is -0.197. The second-order valence-corrected chi connectivity index (χ2v) is 4.22. The van der Waals surface area contributed by atoms with Crippen LogP contribution in [0.4, 0.5) is 0 Å². The molecule has 0 aliphatic carbocycles. The minimum Gasteiger partial charge on any atom is -0.395 e. The highest BCUT2D eigenvalue weighted by Gasteiger charge is 2.06. The van der Waals surface area contributed by atoms with E-state index in [-0.39, 0.29) is 12.6 Å². The van der Waals surface area contributed by atoms with Crippen molar-refractivity contribution in [1.29, 1.82) is 0 Å². The maximum absolute atomic E-state index is 8.83. The predicted molar refractivity (Wildman–Crippen MR) is 60.4 cm³/mol. The molecule has 0 spiro atoms. The number of nitrogens with zero attached hydrogens (tertiary/aromatic N) is 2. The van der Waals surface area contributed by atoms with Crippen LogP contribution in [0.1, 0.15) is 26.0 Å². The number of nitrogens with two attached hydrogens (primary N) is 1. The van der Waals surface area contributed by atoms with E-state index in [9.17, 15) is 0 Å². The summed E-state index contributed by atoms with van der Waals surface area (Å²) in [7, 11) is 0. The number of hydrogen-bond donors (Lipinski definition) is 2. The number of hydrogen-bond acceptors (Lipinski definition) is 3. The smallest absolute Gasteiger partial charge is 0.0949 e. The average Bonchev–Trinajstić information content (AvgIpc) is 2.65. The van der Waals surface area contributed by atoms with Gasteiger partial charge in [0.05, 0.1) is 18.6 Å². The zero-order chi connectivity index (χ0) is 11.3. The van der Waals surface area contributed by atoms with Crippen molar-refractivity contribution in [3.63, 3.8) is 0 Å². The molecule has 0 amide bonds. The first-order valence-electron chi connectivity index (χ1n) is 5.52. The van der Waals surface area contributed by atoms with E-state index in [1.807, 2.05) is 12.5 Å². The minimum atomic E-state index is -0.197. The van der Waals surface area contributed by atoms with Crippen LogP contribution in [0.15, 0.2) is 12.5 Å². The highest BCUT2D eigenvalue weighted by molar-refractivity contribution is 4.99. The maximum atomic E-state index is 8.83. The molecule has 0 fully saturated rings. The molecule has 0 radical (unpaired) electrons. The molecular weight excluding hydrogens is 190 g/mol. The third-order valence-electron chi connectivity index (χ3n) is 2.61. The van der Waals surface area contributed by atoms with Crippen molar-refractivity contribution >= 4 is 0 Å². The summed E-state index contributed by atoms with van der Waals surface area (Å²) in [5, 5.41) is 8.83. The summed E-state index contributed by atoms with van der Waals surface area (Å²) in [5.74, 6) is 0.665. The topological polar surface area (TPSA) is 64.1 Å². The van der Waals surface area contributed by atoms with Crippen LogP contribution in [0.5, 0.6) is 0 Å². The van der Waals surface area contributed by atoms with Crippen LogP contribution in [-0.4, -0.2) is 27.3 Å². The van der Waals surface area contributed by atoms with Gasteiger partial charge in [0.1, 0.15) is 0 Å². The highest BCUT2D eigenvalue weighted by Crippen LogP contribution is 2.06. The van der Waals surface area contributed by atoms with E-state index < -0.39 is 0 Å². The Balaban J connectivity index is 2.49. The fraction of sp³-hybridized carbons (Fsp3) is 0.727. The molecule has 0 bridgehead atoms. The summed E-state index contributed by atoms with van der Waals surface area (Å²) < 4.78 is 2.09. The summed E-state index contributed by atoms with van der Waals surface area (Å²) >= 11 is 0. The van der Waals surface area contributed by atoms with Crippen LogP contribution in [0, 0.1) is 5.92 Å². The zero-order valence-electron chi connectivity index (χ0n) is 9.56. The van der Waals surface area contributed by atoms with Gasteiger partial charge < -0.3 is 15.4 Å². The summed E-state index contributed by atoms with van der Waals surface area (Å²) in [5.41, 5.74) is 6.60. The van der Waals surface area contributed by atoms with Crippen molar-refractivity contribution in [1.82, 2.24) is 9.55 Å². The molecule has 1 aromatic heterocycles. The molecule has 0 saturated carbocycles. The van der Waals surface area contributed by atoms with E-state index in [1.165, 1.54) is 6.42 Å². The van der Waals surface area contributed by atoms with Gasteiger partial charge in [-0.3, -0.25) is 0 Å². The third kappa shape index (κ3) is 4.01. The quantitative estimate of drug-likeness (QED) is 0.731. The van der Waals surface area contributed by atoms with E-state index in [0.717, 1.165) is 12.2 Å². The predicted octanol–water partition coefficient (Wildman–Crippen LogP) is 0.791. The van der Waals surface area contributed by atoms with Crippen LogP contribution in [0.3, 0.4) is 0 Å². The van der Waals surface area contributed by atoms with Gasteiger partial charge in [-0.1, -0.05) is 20.3 Å². The molecule has 1 aromatic rings. The first kappa shape index (κ1) is 12.2. The fourth-order valence-corrected chi connectivity index (χ4v) is 1.43. The van der Waals surface area contributed by atoms with Gasteiger partial charge >= 0.3 is 0 Å². The Morgan fingerprint density at radius 2 is 2.33 bits per heavy atom. The van der Waals surface area contributed by atoms with Crippen molar-refractivity contribution in [2.45, 2.75) is 39.3 Å². The molecule has 0 aliphatic rings. The van der Waals surface area contributed by atoms with E-state index in [0.29, 0.717) is 12.3 Å². The molecule has 15 heavy (non-hydrogen) atoms. The van der Waals surface area contributed by atoms with Gasteiger partial charge in [-0.2, -0.15) is 0 Å². The summed E-state index contributed by atoms with van der Waals surface area (Å²) in [6.45, 7) is 5.42. The van der Waals surface area contributed by atoms with Crippen molar-refractivity contribution in [2.75, 3.05) is 6.61 Å². The van der Waals surface area contributed by atoms with E-state index >= 15 is 0 Å². The lowest BCUT2D eigenvalue weighted by atomic mass is 10.1. The van der Waals surface area contributed by atoms with Gasteiger partial charge in [-0.05, 0) is 5.92 Å². The standard InChI is InChI=1S/C11H21N3O/c1-3-9(2)5-14-6-11(13-8-14)4-10(12)7-15/h6,8-10,15H,3-5,7,12H2,1-2H3/t9?,10-/m0/s1. The Kier molecular flexibility index (Phi) is 4.78. The SMILES string of the molecule is CCC(C)Cn1cnc(C[C@H](N)CO)c1. The molecule has 4 nitrogen and oxygen atoms in total. The molecule has 2 atom stereocenters. The second kappa shape index (κ2) is 5.88. The second-order valence-electron chi connectivity index (χ2n) is 4.22. The molecule has 1 rings (SSSR count). The fourth-order valence-electron chi connectivity index (χ4n) is 1.43. The first-order valence-corrected chi connectivity index (χ1v) is 5.52. The number of aliphatic hydroxyl groups excluding tert-OH is 1. The number of aliphatic hydroxyl groups is 1. The Morgan fingerprint density at radius 1 is 1.60 bits per heavy atom. The number of imidazole rings is 1. The molecule has 86 valence electrons. The Hall–Kier alpha value is -0.870. The van der Waals surface area contributed by atoms with Gasteiger partial charge in [0.15, 0.2) is 0 Å². The van der Waals surface area contributed by atoms with Crippen molar-refractivity contribution < 1.29 is 5.11 Å². The van der Waals surface area contributed by atoms with Crippen molar-refractivity contribution in [2.24, 2.45) is 11.7 Å². The van der Waals surface area contributed by atoms with Crippen LogP contribution in [-0.2, 0) is 13.0 Å². The minimum absolute atomic E-state index is 0.0121. The van der Waals surface area contributed by atoms with Crippen molar-refractivity contribution in [3.8, 4) is 0 Å². The molecule has 0 saturated heterocycles. The summed E-state index contributed by atoms with van der Waals surface area (Å²) in [4.78, 5) is 4.26. The van der Waals surface area contributed by atoms with Crippen LogP contribution in [0.25, 0.3) is 0 Å². The Morgan fingerprint density at radius 3 is 2.93 bits per heavy atom. The van der Waals surface area contributed by atoms with Crippen LogP contribution < -0.4 is 5.73 Å².